The Balaban J connectivity index is 1.79. The van der Waals surface area contributed by atoms with E-state index in [1.54, 1.807) is 18.2 Å². The van der Waals surface area contributed by atoms with Gasteiger partial charge in [0.05, 0.1) is 31.9 Å². The molecule has 182 valence electrons. The summed E-state index contributed by atoms with van der Waals surface area (Å²) in [5.41, 5.74) is 1.12. The third kappa shape index (κ3) is 5.06. The summed E-state index contributed by atoms with van der Waals surface area (Å²) in [6.45, 7) is 1.50. The van der Waals surface area contributed by atoms with E-state index in [1.165, 1.54) is 25.7 Å². The molecule has 0 amide bonds. The Morgan fingerprint density at radius 2 is 1.60 bits per heavy atom. The Hall–Kier alpha value is -4.06. The fraction of sp³-hybridized carbons (Fsp3) is 0.217. The summed E-state index contributed by atoms with van der Waals surface area (Å²) in [5, 5.41) is 7.44. The van der Waals surface area contributed by atoms with Gasteiger partial charge < -0.3 is 9.47 Å². The quantitative estimate of drug-likeness (QED) is 0.373. The lowest BCUT2D eigenvalue weighted by molar-refractivity contribution is 0.391. The number of para-hydroxylation sites is 1. The number of anilines is 1. The standard InChI is InChI=1S/C23H23FN6O4S/c1-15(12-20-25-13-17(24)14-26-20)35(31,32)29-23-28-27-22(16-8-5-4-6-9-16)30(23)21-18(33-2)10-7-11-19(21)34-3/h4-11,13-15H,12H2,1-3H3,(H,28,29)/t15-/m0/s1. The van der Waals surface area contributed by atoms with Gasteiger partial charge in [-0.25, -0.2) is 22.8 Å². The number of nitrogens with zero attached hydrogens (tertiary/aromatic N) is 5. The van der Waals surface area contributed by atoms with E-state index in [9.17, 15) is 12.8 Å². The Bertz CT molecular complexity index is 1390. The average Bonchev–Trinajstić information content (AvgIpc) is 3.27. The second-order valence-corrected chi connectivity index (χ2v) is 9.64. The van der Waals surface area contributed by atoms with Gasteiger partial charge in [0.15, 0.2) is 11.6 Å². The van der Waals surface area contributed by atoms with E-state index in [4.69, 9.17) is 9.47 Å². The van der Waals surface area contributed by atoms with Crippen LogP contribution in [0.15, 0.2) is 60.9 Å². The molecule has 4 rings (SSSR count). The van der Waals surface area contributed by atoms with Crippen LogP contribution in [0.2, 0.25) is 0 Å². The number of methoxy groups -OCH3 is 2. The third-order valence-corrected chi connectivity index (χ3v) is 6.92. The SMILES string of the molecule is COc1cccc(OC)c1-n1c(NS(=O)(=O)[C@@H](C)Cc2ncc(F)cn2)nnc1-c1ccccc1. The summed E-state index contributed by atoms with van der Waals surface area (Å²) in [7, 11) is -0.990. The normalized spacial score (nSPS) is 12.2. The minimum atomic E-state index is -3.99. The van der Waals surface area contributed by atoms with Crippen molar-refractivity contribution in [2.75, 3.05) is 18.9 Å². The molecule has 2 heterocycles. The maximum absolute atomic E-state index is 13.2. The number of hydrogen-bond donors (Lipinski definition) is 1. The number of aromatic nitrogens is 5. The van der Waals surface area contributed by atoms with Crippen molar-refractivity contribution in [1.82, 2.24) is 24.7 Å². The molecular formula is C23H23FN6O4S. The molecule has 0 saturated carbocycles. The zero-order chi connectivity index (χ0) is 25.0. The summed E-state index contributed by atoms with van der Waals surface area (Å²) in [5.74, 6) is 0.764. The molecule has 0 aliphatic heterocycles. The Kier molecular flexibility index (Phi) is 6.92. The lowest BCUT2D eigenvalue weighted by Gasteiger charge is -2.19. The van der Waals surface area contributed by atoms with Gasteiger partial charge in [-0.3, -0.25) is 9.29 Å². The predicted molar refractivity (Wildman–Crippen MR) is 128 cm³/mol. The lowest BCUT2D eigenvalue weighted by atomic mass is 10.2. The maximum Gasteiger partial charge on any atom is 0.243 e. The minimum absolute atomic E-state index is 0.0345. The highest BCUT2D eigenvalue weighted by molar-refractivity contribution is 7.93. The smallest absolute Gasteiger partial charge is 0.243 e. The summed E-state index contributed by atoms with van der Waals surface area (Å²) in [6, 6.07) is 14.4. The van der Waals surface area contributed by atoms with E-state index in [-0.39, 0.29) is 18.2 Å². The van der Waals surface area contributed by atoms with Gasteiger partial charge in [-0.05, 0) is 19.1 Å². The van der Waals surface area contributed by atoms with E-state index in [2.05, 4.69) is 24.9 Å². The number of ether oxygens (including phenoxy) is 2. The first-order chi connectivity index (χ1) is 16.8. The molecule has 0 saturated heterocycles. The molecular weight excluding hydrogens is 475 g/mol. The molecule has 0 radical (unpaired) electrons. The van der Waals surface area contributed by atoms with Crippen LogP contribution < -0.4 is 14.2 Å². The molecule has 0 aliphatic rings. The van der Waals surface area contributed by atoms with Gasteiger partial charge in [-0.1, -0.05) is 36.4 Å². The molecule has 0 spiro atoms. The van der Waals surface area contributed by atoms with Crippen LogP contribution in [-0.4, -0.2) is 52.6 Å². The minimum Gasteiger partial charge on any atom is -0.494 e. The third-order valence-electron chi connectivity index (χ3n) is 5.23. The van der Waals surface area contributed by atoms with E-state index in [1.807, 2.05) is 30.3 Å². The summed E-state index contributed by atoms with van der Waals surface area (Å²) in [6.07, 6.45) is 1.95. The summed E-state index contributed by atoms with van der Waals surface area (Å²) >= 11 is 0. The van der Waals surface area contributed by atoms with Crippen LogP contribution >= 0.6 is 0 Å². The van der Waals surface area contributed by atoms with Crippen molar-refractivity contribution in [3.8, 4) is 28.6 Å². The molecule has 12 heteroatoms. The highest BCUT2D eigenvalue weighted by Crippen LogP contribution is 2.37. The fourth-order valence-electron chi connectivity index (χ4n) is 3.43. The number of halogens is 1. The van der Waals surface area contributed by atoms with Gasteiger partial charge in [0.2, 0.25) is 16.0 Å². The molecule has 2 aromatic carbocycles. The van der Waals surface area contributed by atoms with Crippen molar-refractivity contribution in [3.05, 3.63) is 72.6 Å². The van der Waals surface area contributed by atoms with Crippen molar-refractivity contribution in [2.45, 2.75) is 18.6 Å². The van der Waals surface area contributed by atoms with Gasteiger partial charge >= 0.3 is 0 Å². The number of benzene rings is 2. The predicted octanol–water partition coefficient (Wildman–Crippen LogP) is 3.25. The number of hydrogen-bond acceptors (Lipinski definition) is 8. The molecule has 35 heavy (non-hydrogen) atoms. The molecule has 10 nitrogen and oxygen atoms in total. The molecule has 1 N–H and O–H groups in total. The number of rotatable bonds is 9. The molecule has 1 atom stereocenters. The second kappa shape index (κ2) is 10.1. The topological polar surface area (TPSA) is 121 Å². The van der Waals surface area contributed by atoms with E-state index in [0.29, 0.717) is 28.6 Å². The van der Waals surface area contributed by atoms with Crippen molar-refractivity contribution in [3.63, 3.8) is 0 Å². The maximum atomic E-state index is 13.2. The van der Waals surface area contributed by atoms with Gasteiger partial charge in [-0.2, -0.15) is 0 Å². The highest BCUT2D eigenvalue weighted by Gasteiger charge is 2.28. The summed E-state index contributed by atoms with van der Waals surface area (Å²) in [4.78, 5) is 7.70. The van der Waals surface area contributed by atoms with Gasteiger partial charge in [0, 0.05) is 12.0 Å². The monoisotopic (exact) mass is 498 g/mol. The lowest BCUT2D eigenvalue weighted by Crippen LogP contribution is -2.29. The number of sulfonamides is 1. The Morgan fingerprint density at radius 1 is 0.971 bits per heavy atom. The first-order valence-electron chi connectivity index (χ1n) is 10.5. The van der Waals surface area contributed by atoms with Crippen molar-refractivity contribution in [2.24, 2.45) is 0 Å². The van der Waals surface area contributed by atoms with Crippen molar-refractivity contribution < 1.29 is 22.3 Å². The van der Waals surface area contributed by atoms with Gasteiger partial charge in [0.25, 0.3) is 0 Å². The van der Waals surface area contributed by atoms with Gasteiger partial charge in [-0.15, -0.1) is 10.2 Å². The van der Waals surface area contributed by atoms with Crippen molar-refractivity contribution >= 4 is 16.0 Å². The second-order valence-electron chi connectivity index (χ2n) is 7.54. The zero-order valence-electron chi connectivity index (χ0n) is 19.2. The summed E-state index contributed by atoms with van der Waals surface area (Å²) < 4.78 is 54.7. The molecule has 0 unspecified atom stereocenters. The van der Waals surface area contributed by atoms with E-state index < -0.39 is 21.1 Å². The van der Waals surface area contributed by atoms with Crippen LogP contribution in [0.25, 0.3) is 17.1 Å². The van der Waals surface area contributed by atoms with E-state index in [0.717, 1.165) is 12.4 Å². The van der Waals surface area contributed by atoms with E-state index >= 15 is 0 Å². The molecule has 0 bridgehead atoms. The molecule has 4 aromatic rings. The van der Waals surface area contributed by atoms with Crippen LogP contribution in [-0.2, 0) is 16.4 Å². The Labute approximate surface area is 201 Å². The molecule has 0 fully saturated rings. The molecule has 0 aliphatic carbocycles. The van der Waals surface area contributed by atoms with Crippen LogP contribution in [0.4, 0.5) is 10.3 Å². The fourth-order valence-corrected chi connectivity index (χ4v) is 4.38. The van der Waals surface area contributed by atoms with Crippen molar-refractivity contribution in [1.29, 1.82) is 0 Å². The Morgan fingerprint density at radius 3 is 2.20 bits per heavy atom. The number of nitrogens with one attached hydrogen (secondary N) is 1. The van der Waals surface area contributed by atoms with Gasteiger partial charge in [0.1, 0.15) is 23.0 Å². The van der Waals surface area contributed by atoms with Crippen LogP contribution in [0, 0.1) is 5.82 Å². The van der Waals surface area contributed by atoms with Crippen LogP contribution in [0.3, 0.4) is 0 Å². The van der Waals surface area contributed by atoms with Crippen LogP contribution in [0.1, 0.15) is 12.7 Å². The largest absolute Gasteiger partial charge is 0.494 e. The first kappa shape index (κ1) is 24.1. The zero-order valence-corrected chi connectivity index (χ0v) is 20.0. The first-order valence-corrected chi connectivity index (χ1v) is 12.1. The van der Waals surface area contributed by atoms with Crippen LogP contribution in [0.5, 0.6) is 11.5 Å². The average molecular weight is 499 g/mol. The molecule has 2 aromatic heterocycles. The highest BCUT2D eigenvalue weighted by atomic mass is 32.2.